The lowest BCUT2D eigenvalue weighted by Gasteiger charge is -2.18. The summed E-state index contributed by atoms with van der Waals surface area (Å²) in [5.74, 6) is -1.53. The van der Waals surface area contributed by atoms with Crippen molar-refractivity contribution in [3.05, 3.63) is 0 Å². The summed E-state index contributed by atoms with van der Waals surface area (Å²) in [7, 11) is -4.83. The van der Waals surface area contributed by atoms with Gasteiger partial charge < -0.3 is 17.7 Å². The fraction of sp³-hybridized carbons (Fsp3) is 0.750. The van der Waals surface area contributed by atoms with Crippen LogP contribution in [-0.4, -0.2) is 42.4 Å². The van der Waals surface area contributed by atoms with Gasteiger partial charge in [-0.05, 0) is 12.8 Å². The van der Waals surface area contributed by atoms with Crippen molar-refractivity contribution >= 4 is 42.4 Å². The molecule has 26 heavy (non-hydrogen) atoms. The second-order valence-corrected chi connectivity index (χ2v) is 9.33. The maximum Gasteiger partial charge on any atom is 0.448 e. The second kappa shape index (κ2) is 14.5. The van der Waals surface area contributed by atoms with E-state index in [-0.39, 0.29) is 49.6 Å². The highest BCUT2D eigenvalue weighted by Crippen LogP contribution is 2.12. The van der Waals surface area contributed by atoms with Crippen molar-refractivity contribution in [3.8, 4) is 0 Å². The number of rotatable bonds is 13. The number of hydrogen-bond donors (Lipinski definition) is 0. The zero-order chi connectivity index (χ0) is 19.9. The van der Waals surface area contributed by atoms with Gasteiger partial charge in [-0.25, -0.2) is 0 Å². The highest BCUT2D eigenvalue weighted by atomic mass is 28.3. The third-order valence-electron chi connectivity index (χ3n) is 3.34. The van der Waals surface area contributed by atoms with Crippen molar-refractivity contribution in [3.63, 3.8) is 0 Å². The van der Waals surface area contributed by atoms with E-state index >= 15 is 0 Å². The third kappa shape index (κ3) is 11.8. The summed E-state index contributed by atoms with van der Waals surface area (Å²) in [4.78, 5) is 45.8. The molecule has 0 atom stereocenters. The first-order valence-corrected chi connectivity index (χ1v) is 12.7. The minimum absolute atomic E-state index is 0.224. The highest BCUT2D eigenvalue weighted by Gasteiger charge is 2.24. The fourth-order valence-electron chi connectivity index (χ4n) is 1.83. The van der Waals surface area contributed by atoms with E-state index in [9.17, 15) is 19.2 Å². The van der Waals surface area contributed by atoms with Gasteiger partial charge in [0.15, 0.2) is 0 Å². The van der Waals surface area contributed by atoms with E-state index in [1.54, 1.807) is 27.7 Å². The second-order valence-electron chi connectivity index (χ2n) is 5.52. The van der Waals surface area contributed by atoms with E-state index < -0.39 is 18.6 Å². The van der Waals surface area contributed by atoms with Crippen LogP contribution in [0.1, 0.15) is 66.2 Å². The maximum atomic E-state index is 11.5. The Kier molecular flexibility index (Phi) is 13.5. The molecule has 0 spiro atoms. The van der Waals surface area contributed by atoms with Crippen LogP contribution in [0.4, 0.5) is 0 Å². The number of carbonyl (C=O) groups excluding carboxylic acids is 4. The Labute approximate surface area is 158 Å². The van der Waals surface area contributed by atoms with Crippen LogP contribution in [0.5, 0.6) is 0 Å². The summed E-state index contributed by atoms with van der Waals surface area (Å²) in [6, 6.07) is 0.949. The molecule has 0 fully saturated rings. The first-order valence-electron chi connectivity index (χ1n) is 9.13. The molecule has 10 heteroatoms. The minimum Gasteiger partial charge on any atom is -0.487 e. The van der Waals surface area contributed by atoms with Crippen molar-refractivity contribution in [2.24, 2.45) is 0 Å². The first kappa shape index (κ1) is 24.3. The average molecular weight is 407 g/mol. The van der Waals surface area contributed by atoms with Crippen LogP contribution >= 0.6 is 0 Å². The van der Waals surface area contributed by atoms with E-state index in [1.807, 2.05) is 0 Å². The van der Waals surface area contributed by atoms with Crippen LogP contribution in [-0.2, 0) is 36.9 Å². The molecule has 0 unspecified atom stereocenters. The normalized spacial score (nSPS) is 10.5. The van der Waals surface area contributed by atoms with Crippen LogP contribution in [0.25, 0.3) is 0 Å². The molecule has 0 radical (unpaired) electrons. The molecule has 150 valence electrons. The zero-order valence-electron chi connectivity index (χ0n) is 16.1. The quantitative estimate of drug-likeness (QED) is 0.338. The van der Waals surface area contributed by atoms with Crippen LogP contribution in [0, 0.1) is 0 Å². The first-order chi connectivity index (χ1) is 12.4. The van der Waals surface area contributed by atoms with E-state index in [4.69, 9.17) is 17.7 Å². The van der Waals surface area contributed by atoms with Crippen molar-refractivity contribution in [1.29, 1.82) is 0 Å². The molecule has 0 saturated heterocycles. The average Bonchev–Trinajstić information content (AvgIpc) is 2.63. The Bertz CT molecular complexity index is 391. The Morgan fingerprint density at radius 3 is 0.962 bits per heavy atom. The Balaban J connectivity index is 4.48. The predicted octanol–water partition coefficient (Wildman–Crippen LogP) is 2.02. The lowest BCUT2D eigenvalue weighted by molar-refractivity contribution is -0.142. The smallest absolute Gasteiger partial charge is 0.448 e. The lowest BCUT2D eigenvalue weighted by Crippen LogP contribution is -2.30. The van der Waals surface area contributed by atoms with E-state index in [2.05, 4.69) is 0 Å². The van der Waals surface area contributed by atoms with Gasteiger partial charge in [-0.1, -0.05) is 27.7 Å². The van der Waals surface area contributed by atoms with E-state index in [0.717, 1.165) is 0 Å². The minimum atomic E-state index is -2.42. The molecule has 0 amide bonds. The molecule has 0 aromatic rings. The molecule has 0 aliphatic heterocycles. The molecule has 0 heterocycles. The Hall–Kier alpha value is -1.69. The molecule has 0 aliphatic carbocycles. The maximum absolute atomic E-state index is 11.5. The largest absolute Gasteiger partial charge is 0.487 e. The summed E-state index contributed by atoms with van der Waals surface area (Å²) >= 11 is 0. The van der Waals surface area contributed by atoms with Gasteiger partial charge in [0.1, 0.15) is 0 Å². The molecule has 8 nitrogen and oxygen atoms in total. The van der Waals surface area contributed by atoms with Crippen LogP contribution < -0.4 is 0 Å². The number of unbranched alkanes of at least 4 members (excludes halogenated alkanes) is 1. The van der Waals surface area contributed by atoms with Crippen LogP contribution in [0.3, 0.4) is 0 Å². The molecular formula is C16H30O8Si2. The van der Waals surface area contributed by atoms with Gasteiger partial charge in [-0.2, -0.15) is 0 Å². The topological polar surface area (TPSA) is 105 Å². The standard InChI is InChI=1S/C16H30O8Si2/c1-5-13(17)21-25(22-14(18)6-2)11-9-10-12-26(23-15(19)7-3)24-16(20)8-4/h25-26H,5-12H2,1-4H3. The van der Waals surface area contributed by atoms with Gasteiger partial charge in [0.2, 0.25) is 0 Å². The summed E-state index contributed by atoms with van der Waals surface area (Å²) in [6.07, 6.45) is 2.15. The van der Waals surface area contributed by atoms with Gasteiger partial charge in [-0.15, -0.1) is 0 Å². The van der Waals surface area contributed by atoms with Gasteiger partial charge >= 0.3 is 18.6 Å². The SMILES string of the molecule is CCC(=O)O[SiH](CCCC[SiH](OC(=O)CC)OC(=O)CC)OC(=O)CC. The van der Waals surface area contributed by atoms with Crippen molar-refractivity contribution in [2.45, 2.75) is 78.3 Å². The Morgan fingerprint density at radius 1 is 0.538 bits per heavy atom. The van der Waals surface area contributed by atoms with Crippen molar-refractivity contribution < 1.29 is 36.9 Å². The summed E-state index contributed by atoms with van der Waals surface area (Å²) in [5.41, 5.74) is 0. The number of hydrogen-bond acceptors (Lipinski definition) is 8. The summed E-state index contributed by atoms with van der Waals surface area (Å²) < 4.78 is 21.0. The van der Waals surface area contributed by atoms with Gasteiger partial charge in [-0.3, -0.25) is 19.2 Å². The molecule has 0 N–H and O–H groups in total. The van der Waals surface area contributed by atoms with Gasteiger partial charge in [0, 0.05) is 37.8 Å². The summed E-state index contributed by atoms with van der Waals surface area (Å²) in [5, 5.41) is 0. The highest BCUT2D eigenvalue weighted by molar-refractivity contribution is 6.49. The van der Waals surface area contributed by atoms with Gasteiger partial charge in [0.05, 0.1) is 0 Å². The Morgan fingerprint density at radius 2 is 0.769 bits per heavy atom. The van der Waals surface area contributed by atoms with Crippen LogP contribution in [0.15, 0.2) is 0 Å². The molecule has 0 rings (SSSR count). The van der Waals surface area contributed by atoms with E-state index in [0.29, 0.717) is 24.9 Å². The number of carbonyl (C=O) groups is 4. The van der Waals surface area contributed by atoms with Gasteiger partial charge in [0.25, 0.3) is 23.9 Å². The van der Waals surface area contributed by atoms with Crippen molar-refractivity contribution in [2.75, 3.05) is 0 Å². The predicted molar refractivity (Wildman–Crippen MR) is 98.7 cm³/mol. The lowest BCUT2D eigenvalue weighted by atomic mass is 10.4. The molecule has 0 aromatic heterocycles. The third-order valence-corrected chi connectivity index (χ3v) is 7.20. The molecule has 0 aliphatic rings. The molecule has 0 aromatic carbocycles. The monoisotopic (exact) mass is 406 g/mol. The summed E-state index contributed by atoms with van der Waals surface area (Å²) in [6.45, 7) is 6.71. The molecular weight excluding hydrogens is 376 g/mol. The van der Waals surface area contributed by atoms with Crippen LogP contribution in [0.2, 0.25) is 12.1 Å². The molecule has 0 bridgehead atoms. The molecule has 0 saturated carbocycles. The fourth-order valence-corrected chi connectivity index (χ4v) is 5.48. The zero-order valence-corrected chi connectivity index (χ0v) is 18.4. The van der Waals surface area contributed by atoms with Crippen molar-refractivity contribution in [1.82, 2.24) is 0 Å². The van der Waals surface area contributed by atoms with E-state index in [1.165, 1.54) is 0 Å².